The quantitative estimate of drug-likeness (QED) is 0.703. The Morgan fingerprint density at radius 1 is 0.875 bits per heavy atom. The van der Waals surface area contributed by atoms with Gasteiger partial charge in [0.1, 0.15) is 5.82 Å². The standard InChI is InChI=1S/C20H22N4/c1-15-8-6-7-11-18(15)23-19-14-16(2)22-20(24-19)21-13-12-17-9-4-3-5-10-17/h3-11,14H,12-13H2,1-2H3,(H2,21,22,23,24). The van der Waals surface area contributed by atoms with Crippen LogP contribution in [-0.4, -0.2) is 16.5 Å². The van der Waals surface area contributed by atoms with Gasteiger partial charge in [-0.25, -0.2) is 4.98 Å². The van der Waals surface area contributed by atoms with Crippen LogP contribution in [0.25, 0.3) is 0 Å². The molecule has 0 aliphatic rings. The molecule has 1 heterocycles. The van der Waals surface area contributed by atoms with E-state index in [4.69, 9.17) is 0 Å². The molecule has 0 saturated carbocycles. The van der Waals surface area contributed by atoms with E-state index in [1.807, 2.05) is 31.2 Å². The van der Waals surface area contributed by atoms with E-state index in [9.17, 15) is 0 Å². The number of hydrogen-bond donors (Lipinski definition) is 2. The van der Waals surface area contributed by atoms with Crippen molar-refractivity contribution in [1.82, 2.24) is 9.97 Å². The summed E-state index contributed by atoms with van der Waals surface area (Å²) in [4.78, 5) is 9.03. The number of nitrogens with zero attached hydrogens (tertiary/aromatic N) is 2. The highest BCUT2D eigenvalue weighted by molar-refractivity contribution is 5.61. The minimum absolute atomic E-state index is 0.655. The van der Waals surface area contributed by atoms with Gasteiger partial charge in [0, 0.05) is 24.0 Å². The second-order valence-corrected chi connectivity index (χ2v) is 5.82. The van der Waals surface area contributed by atoms with Gasteiger partial charge in [-0.3, -0.25) is 0 Å². The Hall–Kier alpha value is -2.88. The van der Waals surface area contributed by atoms with Crippen molar-refractivity contribution in [1.29, 1.82) is 0 Å². The monoisotopic (exact) mass is 318 g/mol. The number of anilines is 3. The van der Waals surface area contributed by atoms with Crippen molar-refractivity contribution < 1.29 is 0 Å². The third-order valence-corrected chi connectivity index (χ3v) is 3.80. The van der Waals surface area contributed by atoms with Gasteiger partial charge in [-0.2, -0.15) is 4.98 Å². The van der Waals surface area contributed by atoms with Crippen molar-refractivity contribution in [2.45, 2.75) is 20.3 Å². The molecule has 0 bridgehead atoms. The highest BCUT2D eigenvalue weighted by Crippen LogP contribution is 2.20. The highest BCUT2D eigenvalue weighted by atomic mass is 15.1. The van der Waals surface area contributed by atoms with Crippen molar-refractivity contribution in [3.63, 3.8) is 0 Å². The number of para-hydroxylation sites is 1. The molecule has 1 aromatic heterocycles. The molecular weight excluding hydrogens is 296 g/mol. The average molecular weight is 318 g/mol. The second kappa shape index (κ2) is 7.59. The van der Waals surface area contributed by atoms with E-state index in [1.54, 1.807) is 0 Å². The maximum Gasteiger partial charge on any atom is 0.224 e. The Morgan fingerprint density at radius 2 is 1.62 bits per heavy atom. The molecule has 0 aliphatic heterocycles. The first-order chi connectivity index (χ1) is 11.7. The molecule has 0 amide bonds. The molecule has 3 aromatic rings. The van der Waals surface area contributed by atoms with Crippen LogP contribution in [-0.2, 0) is 6.42 Å². The molecule has 24 heavy (non-hydrogen) atoms. The van der Waals surface area contributed by atoms with Gasteiger partial charge in [-0.1, -0.05) is 48.5 Å². The van der Waals surface area contributed by atoms with Crippen LogP contribution in [0.15, 0.2) is 60.7 Å². The minimum Gasteiger partial charge on any atom is -0.354 e. The smallest absolute Gasteiger partial charge is 0.224 e. The lowest BCUT2D eigenvalue weighted by Gasteiger charge is -2.11. The molecule has 3 rings (SSSR count). The van der Waals surface area contributed by atoms with E-state index in [0.29, 0.717) is 5.95 Å². The van der Waals surface area contributed by atoms with Gasteiger partial charge in [0.05, 0.1) is 0 Å². The van der Waals surface area contributed by atoms with Crippen molar-refractivity contribution in [2.75, 3.05) is 17.2 Å². The molecule has 2 N–H and O–H groups in total. The molecule has 0 radical (unpaired) electrons. The lowest BCUT2D eigenvalue weighted by molar-refractivity contribution is 0.976. The fourth-order valence-electron chi connectivity index (χ4n) is 2.53. The van der Waals surface area contributed by atoms with Crippen molar-refractivity contribution in [3.8, 4) is 0 Å². The summed E-state index contributed by atoms with van der Waals surface area (Å²) >= 11 is 0. The zero-order valence-corrected chi connectivity index (χ0v) is 14.1. The highest BCUT2D eigenvalue weighted by Gasteiger charge is 2.04. The molecule has 0 unspecified atom stereocenters. The van der Waals surface area contributed by atoms with Gasteiger partial charge < -0.3 is 10.6 Å². The van der Waals surface area contributed by atoms with Crippen molar-refractivity contribution in [3.05, 3.63) is 77.5 Å². The summed E-state index contributed by atoms with van der Waals surface area (Å²) < 4.78 is 0. The molecule has 0 saturated heterocycles. The van der Waals surface area contributed by atoms with Gasteiger partial charge in [0.2, 0.25) is 5.95 Å². The summed E-state index contributed by atoms with van der Waals surface area (Å²) in [5.74, 6) is 1.46. The predicted molar refractivity (Wildman–Crippen MR) is 99.9 cm³/mol. The molecule has 122 valence electrons. The number of hydrogen-bond acceptors (Lipinski definition) is 4. The average Bonchev–Trinajstić information content (AvgIpc) is 2.57. The number of aromatic nitrogens is 2. The number of benzene rings is 2. The molecule has 2 aromatic carbocycles. The Morgan fingerprint density at radius 3 is 2.42 bits per heavy atom. The fourth-order valence-corrected chi connectivity index (χ4v) is 2.53. The lowest BCUT2D eigenvalue weighted by atomic mass is 10.1. The fraction of sp³-hybridized carbons (Fsp3) is 0.200. The Labute approximate surface area is 143 Å². The Bertz CT molecular complexity index is 800. The summed E-state index contributed by atoms with van der Waals surface area (Å²) in [7, 11) is 0. The number of nitrogens with one attached hydrogen (secondary N) is 2. The van der Waals surface area contributed by atoms with Gasteiger partial charge >= 0.3 is 0 Å². The Kier molecular flexibility index (Phi) is 5.06. The third-order valence-electron chi connectivity index (χ3n) is 3.80. The predicted octanol–water partition coefficient (Wildman–Crippen LogP) is 4.49. The maximum absolute atomic E-state index is 4.57. The summed E-state index contributed by atoms with van der Waals surface area (Å²) in [5.41, 5.74) is 4.48. The Balaban J connectivity index is 1.66. The van der Waals surface area contributed by atoms with E-state index >= 15 is 0 Å². The third kappa shape index (κ3) is 4.32. The number of rotatable bonds is 6. The maximum atomic E-state index is 4.57. The SMILES string of the molecule is Cc1cc(Nc2ccccc2C)nc(NCCc2ccccc2)n1. The molecule has 4 heteroatoms. The van der Waals surface area contributed by atoms with Crippen molar-refractivity contribution >= 4 is 17.5 Å². The van der Waals surface area contributed by atoms with Gasteiger partial charge in [-0.15, -0.1) is 0 Å². The van der Waals surface area contributed by atoms with E-state index in [2.05, 4.69) is 63.9 Å². The first-order valence-electron chi connectivity index (χ1n) is 8.17. The zero-order chi connectivity index (χ0) is 16.8. The first-order valence-corrected chi connectivity index (χ1v) is 8.17. The number of aryl methyl sites for hydroxylation is 2. The van der Waals surface area contributed by atoms with E-state index in [1.165, 1.54) is 11.1 Å². The van der Waals surface area contributed by atoms with Crippen LogP contribution in [0.5, 0.6) is 0 Å². The van der Waals surface area contributed by atoms with Gasteiger partial charge in [0.25, 0.3) is 0 Å². The molecule has 0 spiro atoms. The largest absolute Gasteiger partial charge is 0.354 e. The molecule has 0 aliphatic carbocycles. The van der Waals surface area contributed by atoms with Crippen LogP contribution in [0.4, 0.5) is 17.5 Å². The first kappa shape index (κ1) is 16.0. The normalized spacial score (nSPS) is 10.4. The van der Waals surface area contributed by atoms with Crippen molar-refractivity contribution in [2.24, 2.45) is 0 Å². The summed E-state index contributed by atoms with van der Waals surface area (Å²) in [5, 5.41) is 6.68. The molecule has 4 nitrogen and oxygen atoms in total. The summed E-state index contributed by atoms with van der Waals surface area (Å²) in [6.45, 7) is 4.86. The van der Waals surface area contributed by atoms with E-state index < -0.39 is 0 Å². The van der Waals surface area contributed by atoms with Crippen LogP contribution in [0.2, 0.25) is 0 Å². The van der Waals surface area contributed by atoms with Crippen LogP contribution >= 0.6 is 0 Å². The van der Waals surface area contributed by atoms with E-state index in [0.717, 1.165) is 30.2 Å². The minimum atomic E-state index is 0.655. The van der Waals surface area contributed by atoms with Crippen LogP contribution < -0.4 is 10.6 Å². The van der Waals surface area contributed by atoms with Crippen LogP contribution in [0.1, 0.15) is 16.8 Å². The van der Waals surface area contributed by atoms with E-state index in [-0.39, 0.29) is 0 Å². The van der Waals surface area contributed by atoms with Gasteiger partial charge in [0.15, 0.2) is 0 Å². The van der Waals surface area contributed by atoms with Crippen LogP contribution in [0, 0.1) is 13.8 Å². The zero-order valence-electron chi connectivity index (χ0n) is 14.1. The molecule has 0 fully saturated rings. The molecule has 0 atom stereocenters. The molecular formula is C20H22N4. The summed E-state index contributed by atoms with van der Waals surface area (Å²) in [6.07, 6.45) is 0.943. The summed E-state index contributed by atoms with van der Waals surface area (Å²) in [6, 6.07) is 20.5. The van der Waals surface area contributed by atoms with Crippen LogP contribution in [0.3, 0.4) is 0 Å². The topological polar surface area (TPSA) is 49.8 Å². The van der Waals surface area contributed by atoms with Gasteiger partial charge in [-0.05, 0) is 37.5 Å². The lowest BCUT2D eigenvalue weighted by Crippen LogP contribution is -2.09. The second-order valence-electron chi connectivity index (χ2n) is 5.82.